The number of benzene rings is 1. The molecule has 4 heteroatoms. The molecule has 1 fully saturated rings. The summed E-state index contributed by atoms with van der Waals surface area (Å²) < 4.78 is 0. The molecule has 0 aliphatic heterocycles. The molecule has 21 heavy (non-hydrogen) atoms. The van der Waals surface area contributed by atoms with E-state index in [9.17, 15) is 10.1 Å². The van der Waals surface area contributed by atoms with Gasteiger partial charge in [-0.15, -0.1) is 0 Å². The van der Waals surface area contributed by atoms with Gasteiger partial charge < -0.3 is 5.73 Å². The Labute approximate surface area is 126 Å². The molecule has 0 heterocycles. The van der Waals surface area contributed by atoms with Gasteiger partial charge in [0.2, 0.25) is 0 Å². The Kier molecular flexibility index (Phi) is 5.34. The zero-order valence-electron chi connectivity index (χ0n) is 12.9. The fourth-order valence-electron chi connectivity index (χ4n) is 3.64. The summed E-state index contributed by atoms with van der Waals surface area (Å²) >= 11 is 0. The third kappa shape index (κ3) is 4.03. The summed E-state index contributed by atoms with van der Waals surface area (Å²) in [5, 5.41) is 10.7. The lowest BCUT2D eigenvalue weighted by atomic mass is 9.66. The van der Waals surface area contributed by atoms with Crippen LogP contribution in [-0.4, -0.2) is 11.5 Å². The monoisotopic (exact) mass is 290 g/mol. The van der Waals surface area contributed by atoms with Crippen LogP contribution in [0.5, 0.6) is 0 Å². The van der Waals surface area contributed by atoms with Crippen molar-refractivity contribution in [1.29, 1.82) is 0 Å². The average molecular weight is 290 g/mol. The van der Waals surface area contributed by atoms with Gasteiger partial charge in [-0.2, -0.15) is 0 Å². The van der Waals surface area contributed by atoms with Crippen molar-refractivity contribution in [3.05, 3.63) is 39.9 Å². The third-order valence-corrected chi connectivity index (χ3v) is 5.14. The molecule has 2 N–H and O–H groups in total. The van der Waals surface area contributed by atoms with Crippen LogP contribution in [0.2, 0.25) is 0 Å². The minimum atomic E-state index is -0.349. The summed E-state index contributed by atoms with van der Waals surface area (Å²) in [5.41, 5.74) is 7.71. The van der Waals surface area contributed by atoms with E-state index in [1.165, 1.54) is 37.7 Å². The van der Waals surface area contributed by atoms with Gasteiger partial charge in [-0.05, 0) is 49.1 Å². The van der Waals surface area contributed by atoms with Crippen molar-refractivity contribution >= 4 is 5.69 Å². The average Bonchev–Trinajstić information content (AvgIpc) is 2.53. The van der Waals surface area contributed by atoms with E-state index in [2.05, 4.69) is 6.92 Å². The lowest BCUT2D eigenvalue weighted by Crippen LogP contribution is -2.36. The van der Waals surface area contributed by atoms with Crippen molar-refractivity contribution in [3.63, 3.8) is 0 Å². The number of hydrogen-bond donors (Lipinski definition) is 1. The van der Waals surface area contributed by atoms with Crippen LogP contribution in [0.25, 0.3) is 0 Å². The highest BCUT2D eigenvalue weighted by molar-refractivity contribution is 5.32. The second-order valence-electron chi connectivity index (χ2n) is 6.50. The molecule has 2 rings (SSSR count). The van der Waals surface area contributed by atoms with E-state index in [4.69, 9.17) is 5.73 Å². The molecule has 0 radical (unpaired) electrons. The Hall–Kier alpha value is -1.42. The van der Waals surface area contributed by atoms with Crippen LogP contribution in [0.15, 0.2) is 24.3 Å². The van der Waals surface area contributed by atoms with Gasteiger partial charge in [-0.1, -0.05) is 38.3 Å². The lowest BCUT2D eigenvalue weighted by molar-refractivity contribution is -0.384. The number of aryl methyl sites for hydroxylation is 1. The normalized spacial score (nSPS) is 25.7. The van der Waals surface area contributed by atoms with Gasteiger partial charge in [0.05, 0.1) is 4.92 Å². The first-order valence-electron chi connectivity index (χ1n) is 8.02. The fraction of sp³-hybridized carbons (Fsp3) is 0.647. The standard InChI is InChI=1S/C17H26N2O2/c1-2-14-4-3-10-17(12-14,13-18)11-9-15-5-7-16(8-6-15)19(20)21/h5-8,14H,2-4,9-13,18H2,1H3. The number of rotatable bonds is 6. The maximum atomic E-state index is 10.7. The molecule has 0 aromatic heterocycles. The van der Waals surface area contributed by atoms with Crippen molar-refractivity contribution in [2.24, 2.45) is 17.1 Å². The molecule has 0 bridgehead atoms. The van der Waals surface area contributed by atoms with Crippen LogP contribution >= 0.6 is 0 Å². The molecule has 0 spiro atoms. The molecule has 2 unspecified atom stereocenters. The summed E-state index contributed by atoms with van der Waals surface area (Å²) in [6.07, 6.45) is 8.41. The number of nitrogens with two attached hydrogens (primary N) is 1. The second-order valence-corrected chi connectivity index (χ2v) is 6.50. The van der Waals surface area contributed by atoms with Crippen LogP contribution in [0, 0.1) is 21.4 Å². The van der Waals surface area contributed by atoms with Crippen molar-refractivity contribution in [3.8, 4) is 0 Å². The van der Waals surface area contributed by atoms with E-state index in [0.717, 1.165) is 25.3 Å². The zero-order valence-corrected chi connectivity index (χ0v) is 12.9. The molecule has 1 aromatic carbocycles. The van der Waals surface area contributed by atoms with E-state index >= 15 is 0 Å². The minimum absolute atomic E-state index is 0.163. The number of nitro benzene ring substituents is 1. The quantitative estimate of drug-likeness (QED) is 0.634. The van der Waals surface area contributed by atoms with Gasteiger partial charge in [-0.25, -0.2) is 0 Å². The van der Waals surface area contributed by atoms with Gasteiger partial charge >= 0.3 is 0 Å². The summed E-state index contributed by atoms with van der Waals surface area (Å²) in [5.74, 6) is 0.819. The smallest absolute Gasteiger partial charge is 0.269 e. The molecule has 116 valence electrons. The van der Waals surface area contributed by atoms with E-state index in [1.54, 1.807) is 12.1 Å². The van der Waals surface area contributed by atoms with Gasteiger partial charge in [0, 0.05) is 12.1 Å². The number of hydrogen-bond acceptors (Lipinski definition) is 3. The highest BCUT2D eigenvalue weighted by Crippen LogP contribution is 2.43. The van der Waals surface area contributed by atoms with Crippen LogP contribution in [0.4, 0.5) is 5.69 Å². The predicted octanol–water partition coefficient (Wildman–Crippen LogP) is 4.07. The minimum Gasteiger partial charge on any atom is -0.330 e. The Balaban J connectivity index is 1.97. The molecule has 1 aliphatic carbocycles. The zero-order chi connectivity index (χ0) is 15.3. The maximum absolute atomic E-state index is 10.7. The molecule has 4 nitrogen and oxygen atoms in total. The largest absolute Gasteiger partial charge is 0.330 e. The first kappa shape index (κ1) is 16.0. The molecular formula is C17H26N2O2. The summed E-state index contributed by atoms with van der Waals surface area (Å²) in [4.78, 5) is 10.3. The summed E-state index contributed by atoms with van der Waals surface area (Å²) in [6, 6.07) is 6.95. The van der Waals surface area contributed by atoms with Gasteiger partial charge in [0.15, 0.2) is 0 Å². The first-order chi connectivity index (χ1) is 10.1. The molecule has 2 atom stereocenters. The van der Waals surface area contributed by atoms with Crippen LogP contribution in [-0.2, 0) is 6.42 Å². The molecule has 1 aromatic rings. The van der Waals surface area contributed by atoms with Crippen molar-refractivity contribution in [2.45, 2.75) is 51.9 Å². The van der Waals surface area contributed by atoms with Crippen molar-refractivity contribution < 1.29 is 4.92 Å². The Morgan fingerprint density at radius 1 is 1.38 bits per heavy atom. The topological polar surface area (TPSA) is 69.2 Å². The Morgan fingerprint density at radius 3 is 2.67 bits per heavy atom. The van der Waals surface area contributed by atoms with Crippen LogP contribution < -0.4 is 5.73 Å². The third-order valence-electron chi connectivity index (χ3n) is 5.14. The van der Waals surface area contributed by atoms with Gasteiger partial charge in [0.25, 0.3) is 5.69 Å². The maximum Gasteiger partial charge on any atom is 0.269 e. The summed E-state index contributed by atoms with van der Waals surface area (Å²) in [7, 11) is 0. The highest BCUT2D eigenvalue weighted by atomic mass is 16.6. The molecular weight excluding hydrogens is 264 g/mol. The molecule has 1 saturated carbocycles. The van der Waals surface area contributed by atoms with Crippen LogP contribution in [0.1, 0.15) is 51.0 Å². The van der Waals surface area contributed by atoms with E-state index < -0.39 is 0 Å². The lowest BCUT2D eigenvalue weighted by Gasteiger charge is -2.40. The molecule has 0 amide bonds. The fourth-order valence-corrected chi connectivity index (χ4v) is 3.64. The predicted molar refractivity (Wildman–Crippen MR) is 85.2 cm³/mol. The first-order valence-corrected chi connectivity index (χ1v) is 8.02. The highest BCUT2D eigenvalue weighted by Gasteiger charge is 2.34. The summed E-state index contributed by atoms with van der Waals surface area (Å²) in [6.45, 7) is 3.03. The second kappa shape index (κ2) is 7.03. The van der Waals surface area contributed by atoms with E-state index in [0.29, 0.717) is 0 Å². The Morgan fingerprint density at radius 2 is 2.10 bits per heavy atom. The van der Waals surface area contributed by atoms with Gasteiger partial charge in [0.1, 0.15) is 0 Å². The van der Waals surface area contributed by atoms with E-state index in [1.807, 2.05) is 12.1 Å². The van der Waals surface area contributed by atoms with E-state index in [-0.39, 0.29) is 16.0 Å². The number of non-ortho nitro benzene ring substituents is 1. The van der Waals surface area contributed by atoms with Crippen molar-refractivity contribution in [2.75, 3.05) is 6.54 Å². The SMILES string of the molecule is CCC1CCCC(CN)(CCc2ccc([N+](=O)[O-])cc2)C1. The van der Waals surface area contributed by atoms with Gasteiger partial charge in [-0.3, -0.25) is 10.1 Å². The molecule has 1 aliphatic rings. The molecule has 0 saturated heterocycles. The number of nitrogens with zero attached hydrogens (tertiary/aromatic N) is 1. The van der Waals surface area contributed by atoms with Crippen molar-refractivity contribution in [1.82, 2.24) is 0 Å². The Bertz CT molecular complexity index is 472. The number of nitro groups is 1. The van der Waals surface area contributed by atoms with Crippen LogP contribution in [0.3, 0.4) is 0 Å².